The molecule has 0 atom stereocenters. The van der Waals surface area contributed by atoms with Crippen LogP contribution in [0.2, 0.25) is 0 Å². The van der Waals surface area contributed by atoms with Crippen LogP contribution in [0.3, 0.4) is 0 Å². The molecule has 0 saturated heterocycles. The molecule has 0 aliphatic rings. The molecule has 0 aliphatic carbocycles. The molecule has 3 aromatic heterocycles. The Morgan fingerprint density at radius 2 is 0.741 bits per heavy atom. The number of rotatable bonds is 5. The number of para-hydroxylation sites is 4. The van der Waals surface area contributed by atoms with Crippen LogP contribution in [0.4, 0.5) is 0 Å². The van der Waals surface area contributed by atoms with Crippen molar-refractivity contribution in [3.63, 3.8) is 0 Å². The molecule has 0 fully saturated rings. The average Bonchev–Trinajstić information content (AvgIpc) is 3.87. The summed E-state index contributed by atoms with van der Waals surface area (Å²) in [4.78, 5) is 16.1. The van der Waals surface area contributed by atoms with E-state index in [2.05, 4.69) is 127 Å². The minimum atomic E-state index is 0.515. The van der Waals surface area contributed by atoms with Crippen molar-refractivity contribution in [3.05, 3.63) is 188 Å². The second-order valence-corrected chi connectivity index (χ2v) is 14.6. The van der Waals surface area contributed by atoms with E-state index in [4.69, 9.17) is 23.8 Å². The molecule has 58 heavy (non-hydrogen) atoms. The number of hydrogen-bond donors (Lipinski definition) is 0. The molecule has 9 aromatic carbocycles. The maximum Gasteiger partial charge on any atom is 0.167 e. The Labute approximate surface area is 332 Å². The first-order valence-electron chi connectivity index (χ1n) is 19.4. The minimum Gasteiger partial charge on any atom is -0.455 e. The molecule has 5 heteroatoms. The molecule has 5 nitrogen and oxygen atoms in total. The Kier molecular flexibility index (Phi) is 7.16. The summed E-state index contributed by atoms with van der Waals surface area (Å²) in [6.45, 7) is 0. The summed E-state index contributed by atoms with van der Waals surface area (Å²) >= 11 is 0. The van der Waals surface area contributed by atoms with Gasteiger partial charge in [-0.25, -0.2) is 15.0 Å². The van der Waals surface area contributed by atoms with E-state index < -0.39 is 0 Å². The van der Waals surface area contributed by atoms with Gasteiger partial charge in [0.2, 0.25) is 0 Å². The fraction of sp³-hybridized carbons (Fsp3) is 0. The fourth-order valence-corrected chi connectivity index (χ4v) is 8.72. The third kappa shape index (κ3) is 5.00. The Balaban J connectivity index is 1.18. The summed E-state index contributed by atoms with van der Waals surface area (Å²) in [5.41, 5.74) is 10.1. The zero-order chi connectivity index (χ0) is 38.2. The normalized spacial score (nSPS) is 11.8. The van der Waals surface area contributed by atoms with Crippen LogP contribution >= 0.6 is 0 Å². The first-order chi connectivity index (χ1) is 28.8. The highest BCUT2D eigenvalue weighted by atomic mass is 16.3. The molecule has 0 radical (unpaired) electrons. The largest absolute Gasteiger partial charge is 0.455 e. The van der Waals surface area contributed by atoms with Gasteiger partial charge in [-0.05, 0) is 68.1 Å². The maximum absolute atomic E-state index is 6.58. The molecular weight excluding hydrogens is 711 g/mol. The van der Waals surface area contributed by atoms with Crippen molar-refractivity contribution in [2.45, 2.75) is 0 Å². The zero-order valence-electron chi connectivity index (χ0n) is 31.1. The standard InChI is InChI=1S/C53H31N3O2/c1-2-14-32(15-3-1)34-30-31-38(37-19-7-6-18-36(34)37)41-29-28-33-16-4-5-17-35(33)48(41)53-55-51(44-24-12-22-42-39-20-8-10-26-46(39)57-49(42)44)54-52(56-53)45-25-13-23-43-40-21-9-11-27-47(40)58-50(43)45/h1-31H. The molecule has 270 valence electrons. The van der Waals surface area contributed by atoms with Gasteiger partial charge in [-0.1, -0.05) is 164 Å². The van der Waals surface area contributed by atoms with Crippen molar-refractivity contribution in [3.8, 4) is 56.4 Å². The molecule has 12 rings (SSSR count). The lowest BCUT2D eigenvalue weighted by Crippen LogP contribution is -2.02. The number of furan rings is 2. The highest BCUT2D eigenvalue weighted by Crippen LogP contribution is 2.44. The van der Waals surface area contributed by atoms with Crippen LogP contribution in [0.1, 0.15) is 0 Å². The predicted octanol–water partition coefficient (Wildman–Crippen LogP) is 14.3. The van der Waals surface area contributed by atoms with Crippen molar-refractivity contribution in [2.75, 3.05) is 0 Å². The van der Waals surface area contributed by atoms with Gasteiger partial charge in [0.15, 0.2) is 17.5 Å². The van der Waals surface area contributed by atoms with E-state index in [-0.39, 0.29) is 0 Å². The SMILES string of the molecule is c1ccc(-c2ccc(-c3ccc4ccccc4c3-c3nc(-c4cccc5c4oc4ccccc45)nc(-c4cccc5c4oc4ccccc45)n3)c3ccccc23)cc1. The Bertz CT molecular complexity index is 3450. The molecule has 0 N–H and O–H groups in total. The molecule has 0 bridgehead atoms. The number of hydrogen-bond acceptors (Lipinski definition) is 5. The summed E-state index contributed by atoms with van der Waals surface area (Å²) in [6.07, 6.45) is 0. The number of aromatic nitrogens is 3. The van der Waals surface area contributed by atoms with E-state index in [0.29, 0.717) is 17.5 Å². The average molecular weight is 742 g/mol. The quantitative estimate of drug-likeness (QED) is 0.176. The first-order valence-corrected chi connectivity index (χ1v) is 19.4. The van der Waals surface area contributed by atoms with Crippen molar-refractivity contribution >= 4 is 65.4 Å². The Morgan fingerprint density at radius 3 is 1.38 bits per heavy atom. The topological polar surface area (TPSA) is 65.0 Å². The second kappa shape index (κ2) is 12.8. The molecule has 3 heterocycles. The Morgan fingerprint density at radius 1 is 0.276 bits per heavy atom. The molecule has 0 unspecified atom stereocenters. The van der Waals surface area contributed by atoms with Crippen LogP contribution in [-0.2, 0) is 0 Å². The van der Waals surface area contributed by atoms with Gasteiger partial charge in [0, 0.05) is 27.1 Å². The summed E-state index contributed by atoms with van der Waals surface area (Å²) < 4.78 is 13.2. The molecule has 0 saturated carbocycles. The predicted molar refractivity (Wildman–Crippen MR) is 237 cm³/mol. The molecule has 12 aromatic rings. The second-order valence-electron chi connectivity index (χ2n) is 14.6. The van der Waals surface area contributed by atoms with Gasteiger partial charge in [-0.2, -0.15) is 0 Å². The minimum absolute atomic E-state index is 0.515. The van der Waals surface area contributed by atoms with Crippen LogP contribution in [-0.4, -0.2) is 15.0 Å². The molecule has 0 amide bonds. The van der Waals surface area contributed by atoms with E-state index in [1.54, 1.807) is 0 Å². The lowest BCUT2D eigenvalue weighted by atomic mass is 9.88. The summed E-state index contributed by atoms with van der Waals surface area (Å²) in [5.74, 6) is 1.59. The van der Waals surface area contributed by atoms with Crippen LogP contribution in [0, 0.1) is 0 Å². The van der Waals surface area contributed by atoms with Crippen molar-refractivity contribution < 1.29 is 8.83 Å². The lowest BCUT2D eigenvalue weighted by Gasteiger charge is -2.17. The number of fused-ring (bicyclic) bond motifs is 8. The highest BCUT2D eigenvalue weighted by molar-refractivity contribution is 6.13. The lowest BCUT2D eigenvalue weighted by molar-refractivity contribution is 0.669. The summed E-state index contributed by atoms with van der Waals surface area (Å²) in [5, 5.41) is 8.56. The van der Waals surface area contributed by atoms with Gasteiger partial charge in [-0.3, -0.25) is 0 Å². The van der Waals surface area contributed by atoms with Crippen LogP contribution in [0.5, 0.6) is 0 Å². The van der Waals surface area contributed by atoms with Gasteiger partial charge in [0.05, 0.1) is 11.1 Å². The van der Waals surface area contributed by atoms with E-state index in [0.717, 1.165) is 87.9 Å². The van der Waals surface area contributed by atoms with E-state index >= 15 is 0 Å². The fourth-order valence-electron chi connectivity index (χ4n) is 8.72. The molecular formula is C53H31N3O2. The van der Waals surface area contributed by atoms with Crippen LogP contribution in [0.25, 0.3) is 122 Å². The van der Waals surface area contributed by atoms with Gasteiger partial charge in [-0.15, -0.1) is 0 Å². The Hall–Kier alpha value is -7.89. The zero-order valence-corrected chi connectivity index (χ0v) is 31.1. The molecule has 0 aliphatic heterocycles. The third-order valence-corrected chi connectivity index (χ3v) is 11.4. The molecule has 0 spiro atoms. The van der Waals surface area contributed by atoms with Gasteiger partial charge in [0.25, 0.3) is 0 Å². The van der Waals surface area contributed by atoms with Crippen molar-refractivity contribution in [1.82, 2.24) is 15.0 Å². The summed E-state index contributed by atoms with van der Waals surface area (Å²) in [7, 11) is 0. The van der Waals surface area contributed by atoms with E-state index in [1.807, 2.05) is 60.7 Å². The van der Waals surface area contributed by atoms with E-state index in [1.165, 1.54) is 16.5 Å². The highest BCUT2D eigenvalue weighted by Gasteiger charge is 2.23. The van der Waals surface area contributed by atoms with Crippen molar-refractivity contribution in [1.29, 1.82) is 0 Å². The first kappa shape index (κ1) is 32.4. The number of benzene rings is 9. The number of nitrogens with zero attached hydrogens (tertiary/aromatic N) is 3. The van der Waals surface area contributed by atoms with Gasteiger partial charge in [0.1, 0.15) is 22.3 Å². The third-order valence-electron chi connectivity index (χ3n) is 11.4. The summed E-state index contributed by atoms with van der Waals surface area (Å²) in [6, 6.07) is 65.2. The smallest absolute Gasteiger partial charge is 0.167 e. The van der Waals surface area contributed by atoms with Crippen molar-refractivity contribution in [2.24, 2.45) is 0 Å². The van der Waals surface area contributed by atoms with E-state index in [9.17, 15) is 0 Å². The van der Waals surface area contributed by atoms with Gasteiger partial charge >= 0.3 is 0 Å². The van der Waals surface area contributed by atoms with Crippen LogP contribution < -0.4 is 0 Å². The maximum atomic E-state index is 6.58. The van der Waals surface area contributed by atoms with Gasteiger partial charge < -0.3 is 8.83 Å². The van der Waals surface area contributed by atoms with Crippen LogP contribution in [0.15, 0.2) is 197 Å². The monoisotopic (exact) mass is 741 g/mol.